The minimum absolute atomic E-state index is 0.317. The topological polar surface area (TPSA) is 37.8 Å². The van der Waals surface area contributed by atoms with E-state index in [1.165, 1.54) is 17.1 Å². The van der Waals surface area contributed by atoms with Crippen molar-refractivity contribution in [2.75, 3.05) is 24.3 Å². The molecular weight excluding hydrogens is 250 g/mol. The van der Waals surface area contributed by atoms with Crippen molar-refractivity contribution in [1.29, 1.82) is 0 Å². The maximum absolute atomic E-state index is 4.68. The standard InChI is InChI=1S/C12H19N3S2/c1-8(13-3)10-6-14-12(15-9(10)2)11-7-16-4-5-17-11/h6,8,11,13H,4-5,7H2,1-3H3. The second kappa shape index (κ2) is 6.07. The van der Waals surface area contributed by atoms with Crippen molar-refractivity contribution in [3.63, 3.8) is 0 Å². The summed E-state index contributed by atoms with van der Waals surface area (Å²) in [6, 6.07) is 0.317. The van der Waals surface area contributed by atoms with Crippen LogP contribution in [0.2, 0.25) is 0 Å². The highest BCUT2D eigenvalue weighted by Gasteiger charge is 2.20. The molecule has 2 unspecified atom stereocenters. The number of nitrogens with zero attached hydrogens (tertiary/aromatic N) is 2. The lowest BCUT2D eigenvalue weighted by molar-refractivity contribution is 0.637. The largest absolute Gasteiger partial charge is 0.313 e. The molecule has 0 spiro atoms. The molecule has 17 heavy (non-hydrogen) atoms. The molecule has 2 atom stereocenters. The predicted octanol–water partition coefficient (Wildman–Crippen LogP) is 2.59. The van der Waals surface area contributed by atoms with Crippen LogP contribution in [0.4, 0.5) is 0 Å². The van der Waals surface area contributed by atoms with Gasteiger partial charge in [-0.25, -0.2) is 9.97 Å². The van der Waals surface area contributed by atoms with E-state index in [0.717, 1.165) is 17.3 Å². The van der Waals surface area contributed by atoms with Crippen LogP contribution in [-0.2, 0) is 0 Å². The Morgan fingerprint density at radius 3 is 2.88 bits per heavy atom. The molecule has 94 valence electrons. The Balaban J connectivity index is 2.17. The van der Waals surface area contributed by atoms with Gasteiger partial charge < -0.3 is 5.32 Å². The Kier molecular flexibility index (Phi) is 4.70. The van der Waals surface area contributed by atoms with Gasteiger partial charge in [-0.1, -0.05) is 0 Å². The highest BCUT2D eigenvalue weighted by molar-refractivity contribution is 8.06. The Bertz CT molecular complexity index is 378. The molecule has 1 aliphatic rings. The normalized spacial score (nSPS) is 22.4. The van der Waals surface area contributed by atoms with Gasteiger partial charge in [0, 0.05) is 40.8 Å². The molecule has 1 aromatic heterocycles. The first kappa shape index (κ1) is 13.2. The first-order valence-corrected chi connectivity index (χ1v) is 8.12. The van der Waals surface area contributed by atoms with Gasteiger partial charge in [0.05, 0.1) is 5.25 Å². The second-order valence-electron chi connectivity index (χ2n) is 4.21. The van der Waals surface area contributed by atoms with Gasteiger partial charge in [0.2, 0.25) is 0 Å². The Morgan fingerprint density at radius 2 is 2.29 bits per heavy atom. The molecule has 0 saturated carbocycles. The van der Waals surface area contributed by atoms with E-state index in [-0.39, 0.29) is 0 Å². The minimum atomic E-state index is 0.317. The van der Waals surface area contributed by atoms with Gasteiger partial charge >= 0.3 is 0 Å². The third kappa shape index (κ3) is 3.14. The maximum Gasteiger partial charge on any atom is 0.142 e. The Hall–Kier alpha value is -0.260. The van der Waals surface area contributed by atoms with E-state index in [4.69, 9.17) is 0 Å². The third-order valence-corrected chi connectivity index (χ3v) is 5.79. The van der Waals surface area contributed by atoms with Crippen LogP contribution >= 0.6 is 23.5 Å². The number of aromatic nitrogens is 2. The summed E-state index contributed by atoms with van der Waals surface area (Å²) in [6.07, 6.45) is 1.98. The first-order chi connectivity index (χ1) is 8.22. The number of aryl methyl sites for hydroxylation is 1. The molecule has 2 rings (SSSR count). The molecule has 3 nitrogen and oxygen atoms in total. The van der Waals surface area contributed by atoms with Gasteiger partial charge in [-0.3, -0.25) is 0 Å². The van der Waals surface area contributed by atoms with Crippen LogP contribution in [0.5, 0.6) is 0 Å². The zero-order chi connectivity index (χ0) is 12.3. The van der Waals surface area contributed by atoms with Gasteiger partial charge in [-0.2, -0.15) is 11.8 Å². The van der Waals surface area contributed by atoms with Gasteiger partial charge in [-0.15, -0.1) is 11.8 Å². The van der Waals surface area contributed by atoms with Crippen molar-refractivity contribution in [3.8, 4) is 0 Å². The lowest BCUT2D eigenvalue weighted by Crippen LogP contribution is -2.17. The molecule has 0 bridgehead atoms. The van der Waals surface area contributed by atoms with Crippen molar-refractivity contribution < 1.29 is 0 Å². The van der Waals surface area contributed by atoms with Crippen molar-refractivity contribution in [1.82, 2.24) is 15.3 Å². The Labute approximate surface area is 112 Å². The van der Waals surface area contributed by atoms with Crippen molar-refractivity contribution >= 4 is 23.5 Å². The summed E-state index contributed by atoms with van der Waals surface area (Å²) in [6.45, 7) is 4.21. The molecular formula is C12H19N3S2. The fraction of sp³-hybridized carbons (Fsp3) is 0.667. The summed E-state index contributed by atoms with van der Waals surface area (Å²) in [5, 5.41) is 3.71. The van der Waals surface area contributed by atoms with Gasteiger partial charge in [0.1, 0.15) is 5.82 Å². The van der Waals surface area contributed by atoms with E-state index >= 15 is 0 Å². The van der Waals surface area contributed by atoms with E-state index in [2.05, 4.69) is 29.1 Å². The second-order valence-corrected chi connectivity index (χ2v) is 6.67. The van der Waals surface area contributed by atoms with Crippen molar-refractivity contribution in [3.05, 3.63) is 23.3 Å². The lowest BCUT2D eigenvalue weighted by Gasteiger charge is -2.21. The highest BCUT2D eigenvalue weighted by Crippen LogP contribution is 2.35. The number of rotatable bonds is 3. The van der Waals surface area contributed by atoms with Gasteiger partial charge in [0.25, 0.3) is 0 Å². The third-order valence-electron chi connectivity index (χ3n) is 3.04. The van der Waals surface area contributed by atoms with Gasteiger partial charge in [-0.05, 0) is 20.9 Å². The van der Waals surface area contributed by atoms with Crippen LogP contribution in [0, 0.1) is 6.92 Å². The fourth-order valence-electron chi connectivity index (χ4n) is 1.87. The SMILES string of the molecule is CNC(C)c1cnc(C2CSCCS2)nc1C. The van der Waals surface area contributed by atoms with Crippen LogP contribution in [0.25, 0.3) is 0 Å². The number of hydrogen-bond donors (Lipinski definition) is 1. The molecule has 0 aliphatic carbocycles. The van der Waals surface area contributed by atoms with E-state index in [0.29, 0.717) is 11.3 Å². The van der Waals surface area contributed by atoms with Crippen LogP contribution < -0.4 is 5.32 Å². The number of nitrogens with one attached hydrogen (secondary N) is 1. The molecule has 1 aliphatic heterocycles. The zero-order valence-corrected chi connectivity index (χ0v) is 12.2. The maximum atomic E-state index is 4.68. The first-order valence-electron chi connectivity index (χ1n) is 5.92. The van der Waals surface area contributed by atoms with Crippen LogP contribution in [0.15, 0.2) is 6.20 Å². The molecule has 1 N–H and O–H groups in total. The van der Waals surface area contributed by atoms with Crippen molar-refractivity contribution in [2.24, 2.45) is 0 Å². The summed E-state index contributed by atoms with van der Waals surface area (Å²) in [5.41, 5.74) is 2.30. The van der Waals surface area contributed by atoms with E-state index < -0.39 is 0 Å². The van der Waals surface area contributed by atoms with Crippen LogP contribution in [-0.4, -0.2) is 34.3 Å². The molecule has 1 saturated heterocycles. The quantitative estimate of drug-likeness (QED) is 0.913. The molecule has 0 radical (unpaired) electrons. The van der Waals surface area contributed by atoms with Crippen LogP contribution in [0.3, 0.4) is 0 Å². The van der Waals surface area contributed by atoms with E-state index in [1.54, 1.807) is 0 Å². The number of hydrogen-bond acceptors (Lipinski definition) is 5. The molecule has 2 heterocycles. The average Bonchev–Trinajstić information content (AvgIpc) is 2.39. The van der Waals surface area contributed by atoms with E-state index in [1.807, 2.05) is 36.8 Å². The Morgan fingerprint density at radius 1 is 1.47 bits per heavy atom. The minimum Gasteiger partial charge on any atom is -0.313 e. The molecule has 5 heteroatoms. The highest BCUT2D eigenvalue weighted by atomic mass is 32.2. The zero-order valence-electron chi connectivity index (χ0n) is 10.6. The predicted molar refractivity (Wildman–Crippen MR) is 76.8 cm³/mol. The summed E-state index contributed by atoms with van der Waals surface area (Å²) >= 11 is 3.99. The molecule has 0 amide bonds. The summed E-state index contributed by atoms with van der Waals surface area (Å²) in [4.78, 5) is 9.23. The van der Waals surface area contributed by atoms with E-state index in [9.17, 15) is 0 Å². The monoisotopic (exact) mass is 269 g/mol. The average molecular weight is 269 g/mol. The van der Waals surface area contributed by atoms with Crippen LogP contribution in [0.1, 0.15) is 35.3 Å². The van der Waals surface area contributed by atoms with Crippen molar-refractivity contribution in [2.45, 2.75) is 25.1 Å². The molecule has 1 fully saturated rings. The summed E-state index contributed by atoms with van der Waals surface area (Å²) in [5.74, 6) is 4.62. The summed E-state index contributed by atoms with van der Waals surface area (Å²) < 4.78 is 0. The summed E-state index contributed by atoms with van der Waals surface area (Å²) in [7, 11) is 1.96. The van der Waals surface area contributed by atoms with Gasteiger partial charge in [0.15, 0.2) is 0 Å². The lowest BCUT2D eigenvalue weighted by atomic mass is 10.1. The number of thioether (sulfide) groups is 2. The fourth-order valence-corrected chi connectivity index (χ4v) is 4.47. The smallest absolute Gasteiger partial charge is 0.142 e. The molecule has 1 aromatic rings. The molecule has 0 aromatic carbocycles.